The summed E-state index contributed by atoms with van der Waals surface area (Å²) in [5.74, 6) is 0. The first kappa shape index (κ1) is 11.5. The average Bonchev–Trinajstić information content (AvgIpc) is 2.49. The van der Waals surface area contributed by atoms with Gasteiger partial charge in [-0.2, -0.15) is 0 Å². The highest BCUT2D eigenvalue weighted by atomic mass is 32.1. The maximum Gasteiger partial charge on any atom is 0.185 e. The Bertz CT molecular complexity index is 281. The zero-order valence-electron chi connectivity index (χ0n) is 9.21. The third kappa shape index (κ3) is 2.96. The van der Waals surface area contributed by atoms with Crippen molar-refractivity contribution in [1.29, 1.82) is 0 Å². The molecule has 2 N–H and O–H groups in total. The molecule has 0 aliphatic carbocycles. The lowest BCUT2D eigenvalue weighted by atomic mass is 10.2. The maximum atomic E-state index is 5.46. The predicted molar refractivity (Wildman–Crippen MR) is 63.2 cm³/mol. The fourth-order valence-electron chi connectivity index (χ4n) is 1.27. The van der Waals surface area contributed by atoms with Gasteiger partial charge < -0.3 is 10.6 Å². The second-order valence-corrected chi connectivity index (χ2v) is 4.71. The second kappa shape index (κ2) is 5.32. The summed E-state index contributed by atoms with van der Waals surface area (Å²) in [7, 11) is 4.06. The fraction of sp³-hybridized carbons (Fsp3) is 0.700. The van der Waals surface area contributed by atoms with Crippen LogP contribution in [-0.4, -0.2) is 25.6 Å². The molecule has 1 heterocycles. The van der Waals surface area contributed by atoms with E-state index in [0.717, 1.165) is 24.5 Å². The first-order valence-electron chi connectivity index (χ1n) is 4.99. The van der Waals surface area contributed by atoms with Crippen molar-refractivity contribution < 1.29 is 0 Å². The van der Waals surface area contributed by atoms with Crippen LogP contribution in [0.4, 0.5) is 5.13 Å². The Morgan fingerprint density at radius 2 is 2.07 bits per heavy atom. The maximum absolute atomic E-state index is 5.46. The molecule has 0 fully saturated rings. The fourth-order valence-corrected chi connectivity index (χ4v) is 2.29. The van der Waals surface area contributed by atoms with Gasteiger partial charge in [-0.25, -0.2) is 4.98 Å². The van der Waals surface area contributed by atoms with E-state index in [1.54, 1.807) is 11.3 Å². The van der Waals surface area contributed by atoms with Gasteiger partial charge in [0.05, 0.1) is 5.69 Å². The van der Waals surface area contributed by atoms with Crippen LogP contribution in [0, 0.1) is 6.92 Å². The molecular formula is C10H19N3S. The number of thiazole rings is 1. The van der Waals surface area contributed by atoms with E-state index in [-0.39, 0.29) is 0 Å². The molecule has 14 heavy (non-hydrogen) atoms. The summed E-state index contributed by atoms with van der Waals surface area (Å²) in [4.78, 5) is 7.97. The molecule has 1 aromatic heterocycles. The van der Waals surface area contributed by atoms with Gasteiger partial charge >= 0.3 is 0 Å². The summed E-state index contributed by atoms with van der Waals surface area (Å²) in [6.07, 6.45) is 3.40. The summed E-state index contributed by atoms with van der Waals surface area (Å²) >= 11 is 1.79. The number of aryl methyl sites for hydroxylation is 2. The highest BCUT2D eigenvalue weighted by Gasteiger charge is 2.07. The standard InChI is InChI=1S/C10H19N3S/c1-8-9(6-4-5-7-11)14-10(12-8)13(2)3/h4-7,11H2,1-3H3. The Hall–Kier alpha value is -0.610. The van der Waals surface area contributed by atoms with E-state index < -0.39 is 0 Å². The van der Waals surface area contributed by atoms with Gasteiger partial charge in [0.25, 0.3) is 0 Å². The van der Waals surface area contributed by atoms with E-state index in [0.29, 0.717) is 0 Å². The predicted octanol–water partition coefficient (Wildman–Crippen LogP) is 1.80. The number of anilines is 1. The van der Waals surface area contributed by atoms with E-state index in [2.05, 4.69) is 16.8 Å². The Morgan fingerprint density at radius 3 is 2.57 bits per heavy atom. The van der Waals surface area contributed by atoms with Crippen LogP contribution in [0.1, 0.15) is 23.4 Å². The molecule has 80 valence electrons. The molecule has 0 aliphatic heterocycles. The molecular weight excluding hydrogens is 194 g/mol. The number of hydrogen-bond donors (Lipinski definition) is 1. The molecule has 3 nitrogen and oxygen atoms in total. The zero-order chi connectivity index (χ0) is 10.6. The topological polar surface area (TPSA) is 42.2 Å². The van der Waals surface area contributed by atoms with Crippen molar-refractivity contribution in [3.8, 4) is 0 Å². The molecule has 0 bridgehead atoms. The van der Waals surface area contributed by atoms with Crippen molar-refractivity contribution in [2.24, 2.45) is 5.73 Å². The molecule has 1 rings (SSSR count). The number of unbranched alkanes of at least 4 members (excludes halogenated alkanes) is 1. The molecule has 0 saturated heterocycles. The first-order valence-corrected chi connectivity index (χ1v) is 5.80. The van der Waals surface area contributed by atoms with Crippen LogP contribution < -0.4 is 10.6 Å². The van der Waals surface area contributed by atoms with E-state index >= 15 is 0 Å². The lowest BCUT2D eigenvalue weighted by Crippen LogP contribution is -2.07. The summed E-state index contributed by atoms with van der Waals surface area (Å²) in [6, 6.07) is 0. The van der Waals surface area contributed by atoms with Crippen molar-refractivity contribution in [1.82, 2.24) is 4.98 Å². The summed E-state index contributed by atoms with van der Waals surface area (Å²) in [6.45, 7) is 2.87. The highest BCUT2D eigenvalue weighted by Crippen LogP contribution is 2.25. The van der Waals surface area contributed by atoms with Gasteiger partial charge in [0.2, 0.25) is 0 Å². The molecule has 0 atom stereocenters. The quantitative estimate of drug-likeness (QED) is 0.758. The minimum absolute atomic E-state index is 0.790. The van der Waals surface area contributed by atoms with Gasteiger partial charge in [0.1, 0.15) is 0 Å². The van der Waals surface area contributed by atoms with Gasteiger partial charge in [0, 0.05) is 19.0 Å². The van der Waals surface area contributed by atoms with E-state index in [4.69, 9.17) is 5.73 Å². The normalized spacial score (nSPS) is 10.6. The monoisotopic (exact) mass is 213 g/mol. The number of rotatable bonds is 5. The van der Waals surface area contributed by atoms with Crippen LogP contribution in [-0.2, 0) is 6.42 Å². The minimum Gasteiger partial charge on any atom is -0.354 e. The molecule has 0 amide bonds. The van der Waals surface area contributed by atoms with Crippen LogP contribution in [0.3, 0.4) is 0 Å². The smallest absolute Gasteiger partial charge is 0.185 e. The SMILES string of the molecule is Cc1nc(N(C)C)sc1CCCCN. The number of hydrogen-bond acceptors (Lipinski definition) is 4. The summed E-state index contributed by atoms with van der Waals surface area (Å²) in [5, 5.41) is 1.10. The van der Waals surface area contributed by atoms with Crippen LogP contribution in [0.25, 0.3) is 0 Å². The third-order valence-corrected chi connectivity index (χ3v) is 3.51. The lowest BCUT2D eigenvalue weighted by molar-refractivity contribution is 0.747. The van der Waals surface area contributed by atoms with Gasteiger partial charge in [0.15, 0.2) is 5.13 Å². The Labute approximate surface area is 89.9 Å². The number of aromatic nitrogens is 1. The van der Waals surface area contributed by atoms with Gasteiger partial charge in [-0.1, -0.05) is 0 Å². The molecule has 0 unspecified atom stereocenters. The van der Waals surface area contributed by atoms with Crippen molar-refractivity contribution >= 4 is 16.5 Å². The van der Waals surface area contributed by atoms with Crippen molar-refractivity contribution in [3.05, 3.63) is 10.6 Å². The molecule has 0 spiro atoms. The Morgan fingerprint density at radius 1 is 1.36 bits per heavy atom. The number of nitrogens with two attached hydrogens (primary N) is 1. The highest BCUT2D eigenvalue weighted by molar-refractivity contribution is 7.15. The first-order chi connectivity index (χ1) is 6.65. The van der Waals surface area contributed by atoms with Gasteiger partial charge in [-0.15, -0.1) is 11.3 Å². The van der Waals surface area contributed by atoms with E-state index in [1.807, 2.05) is 14.1 Å². The Balaban J connectivity index is 2.58. The minimum atomic E-state index is 0.790. The van der Waals surface area contributed by atoms with Crippen molar-refractivity contribution in [2.75, 3.05) is 25.5 Å². The second-order valence-electron chi connectivity index (χ2n) is 3.65. The summed E-state index contributed by atoms with van der Waals surface area (Å²) in [5.41, 5.74) is 6.64. The largest absolute Gasteiger partial charge is 0.354 e. The molecule has 0 aromatic carbocycles. The van der Waals surface area contributed by atoms with Gasteiger partial charge in [-0.3, -0.25) is 0 Å². The lowest BCUT2D eigenvalue weighted by Gasteiger charge is -2.05. The van der Waals surface area contributed by atoms with Crippen LogP contribution in [0.2, 0.25) is 0 Å². The third-order valence-electron chi connectivity index (χ3n) is 2.12. The average molecular weight is 213 g/mol. The van der Waals surface area contributed by atoms with Crippen LogP contribution in [0.15, 0.2) is 0 Å². The molecule has 0 radical (unpaired) electrons. The summed E-state index contributed by atoms with van der Waals surface area (Å²) < 4.78 is 0. The van der Waals surface area contributed by atoms with Gasteiger partial charge in [-0.05, 0) is 32.7 Å². The molecule has 0 aliphatic rings. The van der Waals surface area contributed by atoms with Crippen molar-refractivity contribution in [2.45, 2.75) is 26.2 Å². The van der Waals surface area contributed by atoms with Crippen LogP contribution >= 0.6 is 11.3 Å². The Kier molecular flexibility index (Phi) is 4.35. The molecule has 0 saturated carbocycles. The van der Waals surface area contributed by atoms with E-state index in [1.165, 1.54) is 17.0 Å². The molecule has 1 aromatic rings. The molecule has 4 heteroatoms. The van der Waals surface area contributed by atoms with Crippen molar-refractivity contribution in [3.63, 3.8) is 0 Å². The van der Waals surface area contributed by atoms with Crippen LogP contribution in [0.5, 0.6) is 0 Å². The zero-order valence-corrected chi connectivity index (χ0v) is 10.0. The number of nitrogens with zero attached hydrogens (tertiary/aromatic N) is 2. The van der Waals surface area contributed by atoms with E-state index in [9.17, 15) is 0 Å².